The van der Waals surface area contributed by atoms with Crippen molar-refractivity contribution in [2.24, 2.45) is 11.3 Å². The Morgan fingerprint density at radius 3 is 1.65 bits per heavy atom. The maximum atomic E-state index is 15.2. The van der Waals surface area contributed by atoms with Crippen molar-refractivity contribution in [3.8, 4) is 11.5 Å². The Labute approximate surface area is 462 Å². The third kappa shape index (κ3) is 13.8. The Bertz CT molecular complexity index is 2160. The van der Waals surface area contributed by atoms with Gasteiger partial charge in [-0.1, -0.05) is 176 Å². The lowest BCUT2D eigenvalue weighted by Crippen LogP contribution is -2.60. The van der Waals surface area contributed by atoms with Gasteiger partial charge in [-0.25, -0.2) is 9.59 Å². The number of methoxy groups -OCH3 is 1. The van der Waals surface area contributed by atoms with Crippen LogP contribution in [-0.4, -0.2) is 88.9 Å². The second-order valence-electron chi connectivity index (χ2n) is 28.2. The molecule has 0 aliphatic carbocycles. The minimum atomic E-state index is -2.56. The minimum Gasteiger partial charge on any atom is -0.542 e. The Hall–Kier alpha value is -2.31. The van der Waals surface area contributed by atoms with Crippen LogP contribution in [0.2, 0.25) is 69.5 Å². The van der Waals surface area contributed by atoms with Crippen molar-refractivity contribution in [2.75, 3.05) is 7.11 Å². The zero-order valence-electron chi connectivity index (χ0n) is 52.4. The van der Waals surface area contributed by atoms with E-state index in [0.717, 1.165) is 22.4 Å². The van der Waals surface area contributed by atoms with E-state index in [1.54, 1.807) is 7.11 Å². The second-order valence-corrected chi connectivity index (χ2v) is 48.5. The molecule has 0 aromatic heterocycles. The lowest BCUT2D eigenvalue weighted by Gasteiger charge is -2.53. The summed E-state index contributed by atoms with van der Waals surface area (Å²) in [6.07, 6.45) is -1.92. The number of hydrogen-bond acceptors (Lipinski definition) is 10. The van der Waals surface area contributed by atoms with Crippen LogP contribution in [0.5, 0.6) is 11.5 Å². The summed E-state index contributed by atoms with van der Waals surface area (Å²) >= 11 is 0. The van der Waals surface area contributed by atoms with E-state index in [-0.39, 0.29) is 51.3 Å². The molecule has 2 aliphatic rings. The summed E-state index contributed by atoms with van der Waals surface area (Å²) in [5, 5.41) is -0.193. The standard InChI is InChI=1S/C61H108O10Si4/c1-38(2)74(39(3)4,40(5)6)69-49-34-51(70-75(41(7)8,42(9)10)43(11)12)55-47(44(49)13)33-48(67-57(55)62)45(14)50(68-72(24,25)59(15,16)17)35-53-61(21,22)54(71-73(26,27)60(18,19)20)36-52(66-53)56(64-23)58(63)65-37-46-31-29-28-30-32-46/h28-32,34,38-43,45,48,50,52-54,56H,33,35-37H2,1-27H3/t45-,48+,50-,52-,53+,54+,56-/m0/s1. The molecule has 0 amide bonds. The van der Waals surface area contributed by atoms with Gasteiger partial charge in [-0.2, -0.15) is 0 Å². The Balaban J connectivity index is 1.93. The molecule has 2 heterocycles. The van der Waals surface area contributed by atoms with Crippen molar-refractivity contribution >= 4 is 45.2 Å². The highest BCUT2D eigenvalue weighted by Gasteiger charge is 2.55. The van der Waals surface area contributed by atoms with E-state index in [1.807, 2.05) is 30.3 Å². The molecule has 0 N–H and O–H groups in total. The Kier molecular flexibility index (Phi) is 21.4. The predicted molar refractivity (Wildman–Crippen MR) is 319 cm³/mol. The van der Waals surface area contributed by atoms with E-state index in [4.69, 9.17) is 36.7 Å². The first-order chi connectivity index (χ1) is 34.2. The first-order valence-electron chi connectivity index (χ1n) is 28.7. The summed E-state index contributed by atoms with van der Waals surface area (Å²) in [4.78, 5) is 29.3. The third-order valence-electron chi connectivity index (χ3n) is 19.1. The van der Waals surface area contributed by atoms with Crippen LogP contribution in [0.3, 0.4) is 0 Å². The first-order valence-corrected chi connectivity index (χ1v) is 38.8. The zero-order valence-corrected chi connectivity index (χ0v) is 56.4. The van der Waals surface area contributed by atoms with Crippen LogP contribution >= 0.6 is 0 Å². The molecule has 0 radical (unpaired) electrons. The molecule has 0 spiro atoms. The van der Waals surface area contributed by atoms with Crippen LogP contribution in [0.15, 0.2) is 36.4 Å². The maximum Gasteiger partial charge on any atom is 0.342 e. The first kappa shape index (κ1) is 65.2. The topological polar surface area (TPSA) is 108 Å². The van der Waals surface area contributed by atoms with Crippen molar-refractivity contribution in [2.45, 2.75) is 284 Å². The largest absolute Gasteiger partial charge is 0.542 e. The summed E-state index contributed by atoms with van der Waals surface area (Å²) in [6.45, 7) is 59.2. The van der Waals surface area contributed by atoms with Crippen molar-refractivity contribution in [1.29, 1.82) is 0 Å². The van der Waals surface area contributed by atoms with Crippen LogP contribution in [0.4, 0.5) is 0 Å². The number of cyclic esters (lactones) is 1. The highest BCUT2D eigenvalue weighted by molar-refractivity contribution is 6.79. The van der Waals surface area contributed by atoms with Crippen molar-refractivity contribution < 1.29 is 46.2 Å². The van der Waals surface area contributed by atoms with Crippen LogP contribution in [-0.2, 0) is 45.6 Å². The maximum absolute atomic E-state index is 15.2. The summed E-state index contributed by atoms with van der Waals surface area (Å²) in [5.74, 6) is 0.315. The molecule has 0 bridgehead atoms. The number of fused-ring (bicyclic) bond motifs is 1. The average molecular weight is 1110 g/mol. The fourth-order valence-electron chi connectivity index (χ4n) is 12.3. The summed E-state index contributed by atoms with van der Waals surface area (Å²) in [5.41, 5.74) is 4.70. The smallest absolute Gasteiger partial charge is 0.342 e. The number of carbonyl (C=O) groups is 2. The normalized spacial score (nSPS) is 21.4. The van der Waals surface area contributed by atoms with Crippen molar-refractivity contribution in [3.63, 3.8) is 0 Å². The van der Waals surface area contributed by atoms with Crippen LogP contribution in [0, 0.1) is 18.3 Å². The molecular weight excluding hydrogens is 1010 g/mol. The summed E-state index contributed by atoms with van der Waals surface area (Å²) in [6, 6.07) is 11.8. The Morgan fingerprint density at radius 2 is 1.20 bits per heavy atom. The fraction of sp³-hybridized carbons (Fsp3) is 0.770. The van der Waals surface area contributed by atoms with Crippen molar-refractivity contribution in [3.05, 3.63) is 58.7 Å². The molecular formula is C61H108O10Si4. The highest BCUT2D eigenvalue weighted by Crippen LogP contribution is 2.52. The second kappa shape index (κ2) is 24.6. The van der Waals surface area contributed by atoms with Gasteiger partial charge in [0.25, 0.3) is 16.6 Å². The fourth-order valence-corrected chi connectivity index (χ4v) is 25.7. The lowest BCUT2D eigenvalue weighted by atomic mass is 9.72. The number of esters is 2. The SMILES string of the molecule is CO[C@H](C(=O)OCc1ccccc1)[C@@H]1C[C@@H](O[Si](C)(C)C(C)(C)C)C(C)(C)[C@@H](C[C@H](O[Si](C)(C)C(C)(C)C)[C@@H](C)[C@H]2Cc3c(C)c(O[Si](C(C)C)(C(C)C)C(C)C)cc(O[Si](C(C)C)(C(C)C)C(C)C)c3C(=O)O2)O1. The molecule has 1 saturated heterocycles. The summed E-state index contributed by atoms with van der Waals surface area (Å²) < 4.78 is 56.3. The van der Waals surface area contributed by atoms with Gasteiger partial charge in [0, 0.05) is 37.4 Å². The molecule has 4 rings (SSSR count). The molecule has 2 aromatic carbocycles. The van der Waals surface area contributed by atoms with E-state index >= 15 is 4.79 Å². The van der Waals surface area contributed by atoms with Gasteiger partial charge in [-0.05, 0) is 99.5 Å². The van der Waals surface area contributed by atoms with Crippen LogP contribution < -0.4 is 8.85 Å². The molecule has 1 fully saturated rings. The lowest BCUT2D eigenvalue weighted by molar-refractivity contribution is -0.215. The predicted octanol–water partition coefficient (Wildman–Crippen LogP) is 16.9. The molecule has 2 aromatic rings. The number of ether oxygens (including phenoxy) is 4. The molecule has 7 atom stereocenters. The molecule has 75 heavy (non-hydrogen) atoms. The quantitative estimate of drug-likeness (QED) is 0.0788. The van der Waals surface area contributed by atoms with E-state index in [2.05, 4.69) is 185 Å². The molecule has 428 valence electrons. The van der Waals surface area contributed by atoms with E-state index in [9.17, 15) is 4.79 Å². The van der Waals surface area contributed by atoms with Gasteiger partial charge in [0.1, 0.15) is 29.8 Å². The van der Waals surface area contributed by atoms with E-state index in [1.165, 1.54) is 0 Å². The van der Waals surface area contributed by atoms with Gasteiger partial charge in [-0.15, -0.1) is 0 Å². The molecule has 0 unspecified atom stereocenters. The van der Waals surface area contributed by atoms with Gasteiger partial charge in [-0.3, -0.25) is 0 Å². The van der Waals surface area contributed by atoms with Gasteiger partial charge in [0.2, 0.25) is 0 Å². The molecule has 10 nitrogen and oxygen atoms in total. The molecule has 2 aliphatic heterocycles. The van der Waals surface area contributed by atoms with E-state index < -0.39 is 75.2 Å². The highest BCUT2D eigenvalue weighted by atomic mass is 28.4. The Morgan fingerprint density at radius 1 is 0.720 bits per heavy atom. The summed E-state index contributed by atoms with van der Waals surface area (Å²) in [7, 11) is -8.33. The number of rotatable bonds is 23. The minimum absolute atomic E-state index is 0.0661. The van der Waals surface area contributed by atoms with Gasteiger partial charge in [0.05, 0.1) is 24.4 Å². The monoisotopic (exact) mass is 1110 g/mol. The molecule has 14 heteroatoms. The third-order valence-corrected chi connectivity index (χ3v) is 40.1. The van der Waals surface area contributed by atoms with Crippen LogP contribution in [0.1, 0.15) is 185 Å². The molecule has 0 saturated carbocycles. The van der Waals surface area contributed by atoms with Crippen LogP contribution in [0.25, 0.3) is 0 Å². The van der Waals surface area contributed by atoms with Gasteiger partial charge in [0.15, 0.2) is 22.7 Å². The number of hydrogen-bond donors (Lipinski definition) is 0. The zero-order chi connectivity index (χ0) is 57.4. The number of benzene rings is 2. The van der Waals surface area contributed by atoms with E-state index in [0.29, 0.717) is 47.2 Å². The number of carbonyl (C=O) groups excluding carboxylic acids is 2. The van der Waals surface area contributed by atoms with Gasteiger partial charge < -0.3 is 36.7 Å². The van der Waals surface area contributed by atoms with Crippen molar-refractivity contribution in [1.82, 2.24) is 0 Å². The average Bonchev–Trinajstić information content (AvgIpc) is 3.27. The van der Waals surface area contributed by atoms with Gasteiger partial charge >= 0.3 is 11.9 Å².